The number of rotatable bonds is 6. The molecule has 2 aromatic carbocycles. The van der Waals surface area contributed by atoms with Gasteiger partial charge in [-0.2, -0.15) is 5.10 Å². The van der Waals surface area contributed by atoms with Crippen molar-refractivity contribution < 1.29 is 14.3 Å². The molecule has 1 heterocycles. The van der Waals surface area contributed by atoms with Crippen LogP contribution in [0.4, 0.5) is 5.69 Å². The van der Waals surface area contributed by atoms with E-state index in [0.29, 0.717) is 11.5 Å². The molecule has 3 rings (SSSR count). The fourth-order valence-corrected chi connectivity index (χ4v) is 3.43. The lowest BCUT2D eigenvalue weighted by atomic mass is 9.84. The van der Waals surface area contributed by atoms with Crippen LogP contribution in [0.1, 0.15) is 19.4 Å². The highest BCUT2D eigenvalue weighted by Crippen LogP contribution is 2.46. The number of ether oxygens (including phenoxy) is 2. The van der Waals surface area contributed by atoms with Crippen LogP contribution in [0.2, 0.25) is 0 Å². The molecule has 28 heavy (non-hydrogen) atoms. The number of methoxy groups -OCH3 is 1. The van der Waals surface area contributed by atoms with Gasteiger partial charge in [0, 0.05) is 30.1 Å². The van der Waals surface area contributed by atoms with E-state index in [0.717, 1.165) is 5.70 Å². The van der Waals surface area contributed by atoms with Gasteiger partial charge in [-0.05, 0) is 29.8 Å². The topological polar surface area (TPSA) is 63.2 Å². The van der Waals surface area contributed by atoms with Crippen LogP contribution in [0.5, 0.6) is 11.5 Å². The molecule has 0 unspecified atom stereocenters. The molecule has 6 heteroatoms. The zero-order chi connectivity index (χ0) is 20.1. The summed E-state index contributed by atoms with van der Waals surface area (Å²) in [6.45, 7) is 4.20. The number of anilines is 1. The van der Waals surface area contributed by atoms with Crippen molar-refractivity contribution in [3.8, 4) is 11.5 Å². The van der Waals surface area contributed by atoms with Crippen LogP contribution in [-0.2, 0) is 10.2 Å². The largest absolute Gasteiger partial charge is 0.493 e. The van der Waals surface area contributed by atoms with Crippen LogP contribution in [0.15, 0.2) is 65.4 Å². The molecule has 146 valence electrons. The number of nitrogens with one attached hydrogen (secondary N) is 1. The van der Waals surface area contributed by atoms with Gasteiger partial charge in [0.2, 0.25) is 0 Å². The monoisotopic (exact) mass is 379 g/mol. The van der Waals surface area contributed by atoms with E-state index in [1.165, 1.54) is 11.3 Å². The molecule has 2 aromatic rings. The predicted molar refractivity (Wildman–Crippen MR) is 111 cm³/mol. The third-order valence-electron chi connectivity index (χ3n) is 4.86. The van der Waals surface area contributed by atoms with Crippen LogP contribution in [0.25, 0.3) is 0 Å². The van der Waals surface area contributed by atoms with Gasteiger partial charge < -0.3 is 14.4 Å². The molecule has 0 spiro atoms. The van der Waals surface area contributed by atoms with Gasteiger partial charge in [-0.1, -0.05) is 44.2 Å². The molecule has 0 aromatic heterocycles. The van der Waals surface area contributed by atoms with Crippen molar-refractivity contribution in [3.05, 3.63) is 65.9 Å². The van der Waals surface area contributed by atoms with E-state index in [-0.39, 0.29) is 17.9 Å². The molecule has 6 nitrogen and oxygen atoms in total. The van der Waals surface area contributed by atoms with Gasteiger partial charge in [0.15, 0.2) is 18.1 Å². The molecule has 0 radical (unpaired) electrons. The van der Waals surface area contributed by atoms with Gasteiger partial charge in [-0.15, -0.1) is 0 Å². The van der Waals surface area contributed by atoms with E-state index in [4.69, 9.17) is 9.47 Å². The summed E-state index contributed by atoms with van der Waals surface area (Å²) < 4.78 is 10.7. The number of benzene rings is 2. The molecular formula is C22H25N3O3. The predicted octanol–water partition coefficient (Wildman–Crippen LogP) is 3.49. The van der Waals surface area contributed by atoms with E-state index < -0.39 is 0 Å². The van der Waals surface area contributed by atoms with Gasteiger partial charge in [0.05, 0.1) is 7.11 Å². The second kappa shape index (κ2) is 8.17. The number of carbonyl (C=O) groups excluding carboxylic acids is 1. The van der Waals surface area contributed by atoms with Crippen molar-refractivity contribution in [2.24, 2.45) is 5.10 Å². The normalized spacial score (nSPS) is 16.3. The van der Waals surface area contributed by atoms with Crippen molar-refractivity contribution in [3.63, 3.8) is 0 Å². The van der Waals surface area contributed by atoms with Gasteiger partial charge >= 0.3 is 0 Å². The van der Waals surface area contributed by atoms with Crippen molar-refractivity contribution in [2.45, 2.75) is 19.3 Å². The number of nitrogens with zero attached hydrogens (tertiary/aromatic N) is 2. The summed E-state index contributed by atoms with van der Waals surface area (Å²) in [5.41, 5.74) is 5.91. The molecule has 0 aliphatic carbocycles. The number of carbonyl (C=O) groups is 1. The Hall–Kier alpha value is -3.28. The average Bonchev–Trinajstić information content (AvgIpc) is 2.90. The third kappa shape index (κ3) is 3.86. The van der Waals surface area contributed by atoms with E-state index in [2.05, 4.69) is 41.4 Å². The Kier molecular flexibility index (Phi) is 5.68. The number of para-hydroxylation sites is 3. The lowest BCUT2D eigenvalue weighted by molar-refractivity contribution is -0.123. The van der Waals surface area contributed by atoms with Crippen molar-refractivity contribution >= 4 is 17.8 Å². The minimum Gasteiger partial charge on any atom is -0.493 e. The van der Waals surface area contributed by atoms with E-state index in [1.54, 1.807) is 25.5 Å². The summed E-state index contributed by atoms with van der Waals surface area (Å²) in [5, 5.41) is 4.01. The molecule has 1 aliphatic rings. The molecule has 1 N–H and O–H groups in total. The first-order valence-corrected chi connectivity index (χ1v) is 9.07. The highest BCUT2D eigenvalue weighted by atomic mass is 16.5. The molecule has 0 fully saturated rings. The number of amides is 1. The highest BCUT2D eigenvalue weighted by molar-refractivity contribution is 5.82. The van der Waals surface area contributed by atoms with E-state index in [1.807, 2.05) is 37.4 Å². The van der Waals surface area contributed by atoms with Gasteiger partial charge in [-0.3, -0.25) is 4.79 Å². The second-order valence-electron chi connectivity index (χ2n) is 7.01. The van der Waals surface area contributed by atoms with Crippen molar-refractivity contribution in [1.29, 1.82) is 0 Å². The molecule has 1 amide bonds. The average molecular weight is 379 g/mol. The molecule has 1 aliphatic heterocycles. The number of hydrogen-bond donors (Lipinski definition) is 1. The Balaban J connectivity index is 1.58. The fraction of sp³-hybridized carbons (Fsp3) is 0.273. The number of hydrogen-bond acceptors (Lipinski definition) is 5. The maximum Gasteiger partial charge on any atom is 0.277 e. The van der Waals surface area contributed by atoms with E-state index >= 15 is 0 Å². The summed E-state index contributed by atoms with van der Waals surface area (Å²) in [6.07, 6.45) is 3.52. The van der Waals surface area contributed by atoms with Crippen LogP contribution in [-0.4, -0.2) is 32.9 Å². The lowest BCUT2D eigenvalue weighted by Gasteiger charge is -2.23. The quantitative estimate of drug-likeness (QED) is 0.616. The number of likely N-dealkylation sites (N-methyl/N-ethyl adjacent to an activating group) is 1. The van der Waals surface area contributed by atoms with Crippen LogP contribution < -0.4 is 19.8 Å². The number of hydrazone groups is 1. The van der Waals surface area contributed by atoms with Crippen LogP contribution >= 0.6 is 0 Å². The van der Waals surface area contributed by atoms with Crippen LogP contribution in [0, 0.1) is 0 Å². The third-order valence-corrected chi connectivity index (χ3v) is 4.86. The second-order valence-corrected chi connectivity index (χ2v) is 7.01. The standard InChI is InChI=1S/C22H25N3O3/c1-22(2)16-9-5-6-10-17(16)25(3)20(22)13-14-23-24-21(26)15-28-19-12-8-7-11-18(19)27-4/h5-14H,15H2,1-4H3,(H,24,26)/b20-13+,23-14-. The van der Waals surface area contributed by atoms with Crippen molar-refractivity contribution in [2.75, 3.05) is 25.7 Å². The van der Waals surface area contributed by atoms with Gasteiger partial charge in [0.25, 0.3) is 5.91 Å². The Morgan fingerprint density at radius 2 is 1.82 bits per heavy atom. The summed E-state index contributed by atoms with van der Waals surface area (Å²) in [7, 11) is 3.59. The lowest BCUT2D eigenvalue weighted by Crippen LogP contribution is -2.25. The summed E-state index contributed by atoms with van der Waals surface area (Å²) in [5.74, 6) is 0.746. The highest BCUT2D eigenvalue weighted by Gasteiger charge is 2.37. The Morgan fingerprint density at radius 3 is 2.54 bits per heavy atom. The minimum absolute atomic E-state index is 0.131. The smallest absolute Gasteiger partial charge is 0.277 e. The van der Waals surface area contributed by atoms with Gasteiger partial charge in [-0.25, -0.2) is 5.43 Å². The first-order valence-electron chi connectivity index (χ1n) is 9.07. The van der Waals surface area contributed by atoms with E-state index in [9.17, 15) is 4.79 Å². The summed E-state index contributed by atoms with van der Waals surface area (Å²) in [6, 6.07) is 15.5. The van der Waals surface area contributed by atoms with Gasteiger partial charge in [0.1, 0.15) is 0 Å². The molecule has 0 bridgehead atoms. The summed E-state index contributed by atoms with van der Waals surface area (Å²) in [4.78, 5) is 14.1. The Morgan fingerprint density at radius 1 is 1.14 bits per heavy atom. The minimum atomic E-state index is -0.345. The molecule has 0 saturated carbocycles. The number of fused-ring (bicyclic) bond motifs is 1. The van der Waals surface area contributed by atoms with Crippen LogP contribution in [0.3, 0.4) is 0 Å². The summed E-state index contributed by atoms with van der Waals surface area (Å²) >= 11 is 0. The zero-order valence-electron chi connectivity index (χ0n) is 16.6. The Bertz CT molecular complexity index is 919. The zero-order valence-corrected chi connectivity index (χ0v) is 16.6. The first kappa shape index (κ1) is 19.5. The molecule has 0 saturated heterocycles. The fourth-order valence-electron chi connectivity index (χ4n) is 3.43. The maximum atomic E-state index is 12.0. The Labute approximate surface area is 165 Å². The maximum absolute atomic E-state index is 12.0. The molecular weight excluding hydrogens is 354 g/mol. The number of allylic oxidation sites excluding steroid dienone is 2. The first-order chi connectivity index (χ1) is 13.4. The van der Waals surface area contributed by atoms with Crippen molar-refractivity contribution in [1.82, 2.24) is 5.43 Å². The molecule has 0 atom stereocenters. The SMILES string of the molecule is COc1ccccc1OCC(=O)N/N=C\C=C1\N(C)c2ccccc2C1(C)C.